The molecule has 2 aromatic heterocycles. The third kappa shape index (κ3) is 4.08. The minimum absolute atomic E-state index is 0.304. The Balaban J connectivity index is 1.61. The zero-order chi connectivity index (χ0) is 16.8. The summed E-state index contributed by atoms with van der Waals surface area (Å²) in [6.45, 7) is 0.640. The molecule has 0 aliphatic rings. The van der Waals surface area contributed by atoms with Gasteiger partial charge in [-0.15, -0.1) is 0 Å². The summed E-state index contributed by atoms with van der Waals surface area (Å²) in [5.41, 5.74) is 2.78. The van der Waals surface area contributed by atoms with Crippen molar-refractivity contribution in [3.05, 3.63) is 83.4 Å². The number of carbonyl (C=O) groups excluding carboxylic acids is 1. The number of halogens is 1. The van der Waals surface area contributed by atoms with E-state index in [0.717, 1.165) is 11.3 Å². The molecule has 2 N–H and O–H groups in total. The third-order valence-electron chi connectivity index (χ3n) is 3.34. The highest BCUT2D eigenvalue weighted by atomic mass is 35.5. The largest absolute Gasteiger partial charge is 0.380 e. The first kappa shape index (κ1) is 16.0. The standard InChI is InChI=1S/C18H15ClN4O/c19-15-5-1-2-6-16(15)23-18(24)17-8-7-14(12-22-17)21-11-13-4-3-9-20-10-13/h1-10,12,21H,11H2,(H,23,24). The number of amides is 1. The van der Waals surface area contributed by atoms with Gasteiger partial charge in [0.05, 0.1) is 22.6 Å². The van der Waals surface area contributed by atoms with Gasteiger partial charge in [0, 0.05) is 18.9 Å². The molecule has 0 aliphatic heterocycles. The van der Waals surface area contributed by atoms with Crippen LogP contribution in [0.2, 0.25) is 5.02 Å². The first-order valence-electron chi connectivity index (χ1n) is 7.37. The van der Waals surface area contributed by atoms with Gasteiger partial charge in [-0.2, -0.15) is 0 Å². The van der Waals surface area contributed by atoms with Gasteiger partial charge in [0.15, 0.2) is 0 Å². The van der Waals surface area contributed by atoms with Gasteiger partial charge in [0.25, 0.3) is 5.91 Å². The Hall–Kier alpha value is -2.92. The first-order chi connectivity index (χ1) is 11.7. The van der Waals surface area contributed by atoms with Crippen molar-refractivity contribution in [3.8, 4) is 0 Å². The molecule has 0 saturated heterocycles. The van der Waals surface area contributed by atoms with Crippen molar-refractivity contribution in [1.82, 2.24) is 9.97 Å². The van der Waals surface area contributed by atoms with Crippen molar-refractivity contribution in [1.29, 1.82) is 0 Å². The average Bonchev–Trinajstić information content (AvgIpc) is 2.63. The first-order valence-corrected chi connectivity index (χ1v) is 7.75. The van der Waals surface area contributed by atoms with Gasteiger partial charge >= 0.3 is 0 Å². The van der Waals surface area contributed by atoms with E-state index in [1.54, 1.807) is 48.9 Å². The van der Waals surface area contributed by atoms with E-state index in [2.05, 4.69) is 20.6 Å². The van der Waals surface area contributed by atoms with Gasteiger partial charge in [-0.3, -0.25) is 9.78 Å². The average molecular weight is 339 g/mol. The molecule has 0 saturated carbocycles. The molecule has 2 heterocycles. The van der Waals surface area contributed by atoms with E-state index in [0.29, 0.717) is 22.9 Å². The number of hydrogen-bond donors (Lipinski definition) is 2. The quantitative estimate of drug-likeness (QED) is 0.738. The highest BCUT2D eigenvalue weighted by molar-refractivity contribution is 6.33. The van der Waals surface area contributed by atoms with E-state index < -0.39 is 0 Å². The van der Waals surface area contributed by atoms with Crippen LogP contribution < -0.4 is 10.6 Å². The van der Waals surface area contributed by atoms with Crippen molar-refractivity contribution in [2.75, 3.05) is 10.6 Å². The lowest BCUT2D eigenvalue weighted by molar-refractivity contribution is 0.102. The van der Waals surface area contributed by atoms with E-state index in [1.807, 2.05) is 18.2 Å². The molecule has 3 rings (SSSR count). The van der Waals surface area contributed by atoms with Crippen molar-refractivity contribution in [2.24, 2.45) is 0 Å². The second-order valence-electron chi connectivity index (χ2n) is 5.08. The lowest BCUT2D eigenvalue weighted by Crippen LogP contribution is -2.14. The zero-order valence-electron chi connectivity index (χ0n) is 12.7. The molecule has 0 spiro atoms. The van der Waals surface area contributed by atoms with Gasteiger partial charge in [0.2, 0.25) is 0 Å². The van der Waals surface area contributed by atoms with Crippen LogP contribution in [-0.2, 0) is 6.54 Å². The highest BCUT2D eigenvalue weighted by Crippen LogP contribution is 2.21. The number of nitrogens with one attached hydrogen (secondary N) is 2. The van der Waals surface area contributed by atoms with E-state index in [-0.39, 0.29) is 5.91 Å². The second-order valence-corrected chi connectivity index (χ2v) is 5.49. The molecule has 0 fully saturated rings. The Labute approximate surface area is 144 Å². The van der Waals surface area contributed by atoms with Crippen LogP contribution in [-0.4, -0.2) is 15.9 Å². The Kier molecular flexibility index (Phi) is 5.03. The molecule has 1 aromatic carbocycles. The minimum Gasteiger partial charge on any atom is -0.380 e. The predicted octanol–water partition coefficient (Wildman–Crippen LogP) is 3.99. The van der Waals surface area contributed by atoms with Gasteiger partial charge in [0.1, 0.15) is 5.69 Å². The molecule has 6 heteroatoms. The maximum Gasteiger partial charge on any atom is 0.274 e. The van der Waals surface area contributed by atoms with Crippen molar-refractivity contribution in [2.45, 2.75) is 6.54 Å². The molecule has 5 nitrogen and oxygen atoms in total. The number of rotatable bonds is 5. The summed E-state index contributed by atoms with van der Waals surface area (Å²) in [7, 11) is 0. The number of anilines is 2. The molecule has 0 bridgehead atoms. The van der Waals surface area contributed by atoms with E-state index in [4.69, 9.17) is 11.6 Å². The second kappa shape index (κ2) is 7.57. The fourth-order valence-electron chi connectivity index (χ4n) is 2.09. The van der Waals surface area contributed by atoms with E-state index in [9.17, 15) is 4.79 Å². The smallest absolute Gasteiger partial charge is 0.274 e. The maximum atomic E-state index is 12.2. The van der Waals surface area contributed by atoms with Crippen LogP contribution in [0.1, 0.15) is 16.1 Å². The van der Waals surface area contributed by atoms with Crippen LogP contribution in [0.4, 0.5) is 11.4 Å². The predicted molar refractivity (Wildman–Crippen MR) is 95.2 cm³/mol. The summed E-state index contributed by atoms with van der Waals surface area (Å²) >= 11 is 6.03. The van der Waals surface area contributed by atoms with E-state index >= 15 is 0 Å². The number of nitrogens with zero attached hydrogens (tertiary/aromatic N) is 2. The van der Waals surface area contributed by atoms with Crippen molar-refractivity contribution >= 4 is 28.9 Å². The molecule has 3 aromatic rings. The van der Waals surface area contributed by atoms with Crippen LogP contribution in [0.5, 0.6) is 0 Å². The summed E-state index contributed by atoms with van der Waals surface area (Å²) in [6, 6.07) is 14.4. The number of benzene rings is 1. The lowest BCUT2D eigenvalue weighted by Gasteiger charge is -2.08. The Morgan fingerprint density at radius 1 is 1.04 bits per heavy atom. The third-order valence-corrected chi connectivity index (χ3v) is 3.67. The summed E-state index contributed by atoms with van der Waals surface area (Å²) in [5, 5.41) is 6.46. The summed E-state index contributed by atoms with van der Waals surface area (Å²) < 4.78 is 0. The molecular formula is C18H15ClN4O. The molecule has 0 unspecified atom stereocenters. The molecule has 24 heavy (non-hydrogen) atoms. The van der Waals surface area contributed by atoms with Crippen LogP contribution in [0, 0.1) is 0 Å². The number of pyridine rings is 2. The lowest BCUT2D eigenvalue weighted by atomic mass is 10.2. The maximum absolute atomic E-state index is 12.2. The number of carbonyl (C=O) groups is 1. The SMILES string of the molecule is O=C(Nc1ccccc1Cl)c1ccc(NCc2cccnc2)cn1. The number of aromatic nitrogens is 2. The molecule has 0 atom stereocenters. The topological polar surface area (TPSA) is 66.9 Å². The van der Waals surface area contributed by atoms with Gasteiger partial charge < -0.3 is 10.6 Å². The van der Waals surface area contributed by atoms with Crippen LogP contribution in [0.3, 0.4) is 0 Å². The summed E-state index contributed by atoms with van der Waals surface area (Å²) in [5.74, 6) is -0.304. The van der Waals surface area contributed by atoms with E-state index in [1.165, 1.54) is 0 Å². The molecular weight excluding hydrogens is 324 g/mol. The molecule has 0 aliphatic carbocycles. The van der Waals surface area contributed by atoms with Gasteiger partial charge in [-0.05, 0) is 35.9 Å². The Morgan fingerprint density at radius 3 is 2.62 bits per heavy atom. The molecule has 0 radical (unpaired) electrons. The van der Waals surface area contributed by atoms with Crippen molar-refractivity contribution < 1.29 is 4.79 Å². The number of hydrogen-bond acceptors (Lipinski definition) is 4. The summed E-state index contributed by atoms with van der Waals surface area (Å²) in [4.78, 5) is 20.4. The van der Waals surface area contributed by atoms with Gasteiger partial charge in [-0.25, -0.2) is 4.98 Å². The Morgan fingerprint density at radius 2 is 1.92 bits per heavy atom. The highest BCUT2D eigenvalue weighted by Gasteiger charge is 2.09. The van der Waals surface area contributed by atoms with Crippen LogP contribution in [0.25, 0.3) is 0 Å². The monoisotopic (exact) mass is 338 g/mol. The minimum atomic E-state index is -0.304. The summed E-state index contributed by atoms with van der Waals surface area (Å²) in [6.07, 6.45) is 5.15. The molecule has 1 amide bonds. The van der Waals surface area contributed by atoms with Crippen LogP contribution >= 0.6 is 11.6 Å². The zero-order valence-corrected chi connectivity index (χ0v) is 13.5. The number of para-hydroxylation sites is 1. The molecule has 120 valence electrons. The Bertz CT molecular complexity index is 822. The van der Waals surface area contributed by atoms with Crippen LogP contribution in [0.15, 0.2) is 67.1 Å². The normalized spacial score (nSPS) is 10.2. The van der Waals surface area contributed by atoms with Gasteiger partial charge in [-0.1, -0.05) is 29.8 Å². The fraction of sp³-hybridized carbons (Fsp3) is 0.0556. The fourth-order valence-corrected chi connectivity index (χ4v) is 2.27. The van der Waals surface area contributed by atoms with Crippen molar-refractivity contribution in [3.63, 3.8) is 0 Å².